The Kier molecular flexibility index (Phi) is 3.34. The van der Waals surface area contributed by atoms with E-state index >= 15 is 0 Å². The van der Waals surface area contributed by atoms with Crippen molar-refractivity contribution in [3.05, 3.63) is 34.2 Å². The third-order valence-electron chi connectivity index (χ3n) is 3.19. The molecule has 1 fully saturated rings. The van der Waals surface area contributed by atoms with Gasteiger partial charge in [-0.1, -0.05) is 12.1 Å². The highest BCUT2D eigenvalue weighted by Gasteiger charge is 2.29. The molecule has 0 saturated carbocycles. The fourth-order valence-electron chi connectivity index (χ4n) is 2.17. The van der Waals surface area contributed by atoms with Gasteiger partial charge in [0.25, 0.3) is 0 Å². The highest BCUT2D eigenvalue weighted by Crippen LogP contribution is 2.24. The Hall–Kier alpha value is -0.960. The molecule has 3 rings (SSSR count). The Balaban J connectivity index is 1.86. The largest absolute Gasteiger partial charge is 0.248 e. The molecular formula is C12H12IN3O2S. The van der Waals surface area contributed by atoms with Gasteiger partial charge in [-0.05, 0) is 41.1 Å². The summed E-state index contributed by atoms with van der Waals surface area (Å²) in [5.41, 5.74) is 0.944. The number of sulfone groups is 1. The van der Waals surface area contributed by atoms with Gasteiger partial charge in [-0.15, -0.1) is 0 Å². The van der Waals surface area contributed by atoms with Crippen LogP contribution in [-0.4, -0.2) is 34.7 Å². The van der Waals surface area contributed by atoms with Crippen LogP contribution in [0, 0.1) is 3.57 Å². The lowest BCUT2D eigenvalue weighted by molar-refractivity contribution is 0.499. The maximum atomic E-state index is 11.5. The van der Waals surface area contributed by atoms with Gasteiger partial charge in [0.15, 0.2) is 15.7 Å². The monoisotopic (exact) mass is 389 g/mol. The van der Waals surface area contributed by atoms with Crippen molar-refractivity contribution in [2.24, 2.45) is 0 Å². The summed E-state index contributed by atoms with van der Waals surface area (Å²) in [6, 6.07) is 7.85. The molecule has 100 valence electrons. The van der Waals surface area contributed by atoms with Gasteiger partial charge in [-0.3, -0.25) is 0 Å². The van der Waals surface area contributed by atoms with Crippen molar-refractivity contribution in [3.63, 3.8) is 0 Å². The quantitative estimate of drug-likeness (QED) is 0.737. The average molecular weight is 389 g/mol. The molecule has 0 N–H and O–H groups in total. The molecule has 1 aromatic carbocycles. The van der Waals surface area contributed by atoms with Crippen LogP contribution in [-0.2, 0) is 9.84 Å². The number of hydrogen-bond donors (Lipinski definition) is 0. The van der Waals surface area contributed by atoms with Gasteiger partial charge in [0.1, 0.15) is 6.33 Å². The number of rotatable bonds is 2. The van der Waals surface area contributed by atoms with E-state index in [-0.39, 0.29) is 17.5 Å². The molecule has 2 heterocycles. The zero-order valence-corrected chi connectivity index (χ0v) is 13.0. The standard InChI is InChI=1S/C12H12IN3O2S/c13-10-3-1-9(2-4-10)12-14-8-16(15-12)11-5-6-19(17,18)7-11/h1-4,8,11H,5-7H2. The van der Waals surface area contributed by atoms with Crippen molar-refractivity contribution in [2.45, 2.75) is 12.5 Å². The Bertz CT molecular complexity index is 694. The van der Waals surface area contributed by atoms with E-state index in [4.69, 9.17) is 0 Å². The Morgan fingerprint density at radius 3 is 2.63 bits per heavy atom. The Morgan fingerprint density at radius 1 is 1.26 bits per heavy atom. The van der Waals surface area contributed by atoms with Crippen LogP contribution in [0.1, 0.15) is 12.5 Å². The Labute approximate surface area is 125 Å². The fraction of sp³-hybridized carbons (Fsp3) is 0.333. The normalized spacial score (nSPS) is 21.6. The third-order valence-corrected chi connectivity index (χ3v) is 5.66. The first-order valence-corrected chi connectivity index (χ1v) is 8.81. The first-order chi connectivity index (χ1) is 9.03. The minimum atomic E-state index is -2.89. The number of benzene rings is 1. The van der Waals surface area contributed by atoms with E-state index in [2.05, 4.69) is 32.7 Å². The molecule has 0 spiro atoms. The zero-order chi connectivity index (χ0) is 13.5. The molecule has 0 bridgehead atoms. The molecule has 7 heteroatoms. The van der Waals surface area contributed by atoms with Gasteiger partial charge in [-0.25, -0.2) is 18.1 Å². The summed E-state index contributed by atoms with van der Waals surface area (Å²) in [5, 5.41) is 4.40. The van der Waals surface area contributed by atoms with Crippen molar-refractivity contribution in [3.8, 4) is 11.4 Å². The van der Waals surface area contributed by atoms with Gasteiger partial charge in [0.2, 0.25) is 0 Å². The molecule has 19 heavy (non-hydrogen) atoms. The van der Waals surface area contributed by atoms with Gasteiger partial charge in [0.05, 0.1) is 17.5 Å². The van der Waals surface area contributed by atoms with E-state index in [1.807, 2.05) is 24.3 Å². The van der Waals surface area contributed by atoms with Crippen LogP contribution in [0.5, 0.6) is 0 Å². The SMILES string of the molecule is O=S1(=O)CCC(n2cnc(-c3ccc(I)cc3)n2)C1. The molecule has 1 aromatic heterocycles. The van der Waals surface area contributed by atoms with E-state index in [9.17, 15) is 8.42 Å². The highest BCUT2D eigenvalue weighted by atomic mass is 127. The third kappa shape index (κ3) is 2.81. The molecule has 1 saturated heterocycles. The number of aromatic nitrogens is 3. The van der Waals surface area contributed by atoms with Crippen LogP contribution >= 0.6 is 22.6 Å². The molecule has 1 unspecified atom stereocenters. The van der Waals surface area contributed by atoms with Crippen LogP contribution in [0.4, 0.5) is 0 Å². The second kappa shape index (κ2) is 4.86. The molecular weight excluding hydrogens is 377 g/mol. The molecule has 1 aliphatic heterocycles. The lowest BCUT2D eigenvalue weighted by atomic mass is 10.2. The van der Waals surface area contributed by atoms with E-state index in [0.29, 0.717) is 12.2 Å². The first kappa shape index (κ1) is 13.0. The summed E-state index contributed by atoms with van der Waals surface area (Å²) in [5.74, 6) is 1.06. The zero-order valence-electron chi connectivity index (χ0n) is 10.0. The maximum Gasteiger partial charge on any atom is 0.181 e. The maximum absolute atomic E-state index is 11.5. The van der Waals surface area contributed by atoms with E-state index in [1.165, 1.54) is 0 Å². The van der Waals surface area contributed by atoms with Crippen LogP contribution in [0.25, 0.3) is 11.4 Å². The summed E-state index contributed by atoms with van der Waals surface area (Å²) >= 11 is 2.24. The molecule has 1 atom stereocenters. The second-order valence-corrected chi connectivity index (χ2v) is 8.09. The number of nitrogens with zero attached hydrogens (tertiary/aromatic N) is 3. The highest BCUT2D eigenvalue weighted by molar-refractivity contribution is 14.1. The van der Waals surface area contributed by atoms with Crippen LogP contribution in [0.2, 0.25) is 0 Å². The van der Waals surface area contributed by atoms with Crippen molar-refractivity contribution >= 4 is 32.4 Å². The van der Waals surface area contributed by atoms with Crippen LogP contribution in [0.15, 0.2) is 30.6 Å². The Morgan fingerprint density at radius 2 is 2.00 bits per heavy atom. The van der Waals surface area contributed by atoms with E-state index in [0.717, 1.165) is 9.13 Å². The molecule has 0 amide bonds. The summed E-state index contributed by atoms with van der Waals surface area (Å²) in [6.07, 6.45) is 2.25. The smallest absolute Gasteiger partial charge is 0.181 e. The van der Waals surface area contributed by atoms with Crippen LogP contribution < -0.4 is 0 Å². The molecule has 1 aliphatic rings. The van der Waals surface area contributed by atoms with Crippen molar-refractivity contribution in [1.82, 2.24) is 14.8 Å². The summed E-state index contributed by atoms with van der Waals surface area (Å²) in [6.45, 7) is 0. The fourth-order valence-corrected chi connectivity index (χ4v) is 4.23. The molecule has 5 nitrogen and oxygen atoms in total. The minimum Gasteiger partial charge on any atom is -0.248 e. The van der Waals surface area contributed by atoms with Gasteiger partial charge >= 0.3 is 0 Å². The van der Waals surface area contributed by atoms with E-state index < -0.39 is 9.84 Å². The summed E-state index contributed by atoms with van der Waals surface area (Å²) in [7, 11) is -2.89. The average Bonchev–Trinajstić information content (AvgIpc) is 2.96. The van der Waals surface area contributed by atoms with Gasteiger partial charge in [0, 0.05) is 9.13 Å². The van der Waals surface area contributed by atoms with E-state index in [1.54, 1.807) is 11.0 Å². The minimum absolute atomic E-state index is 0.0740. The van der Waals surface area contributed by atoms with Crippen molar-refractivity contribution < 1.29 is 8.42 Å². The second-order valence-electron chi connectivity index (χ2n) is 4.61. The van der Waals surface area contributed by atoms with Gasteiger partial charge in [-0.2, -0.15) is 5.10 Å². The lowest BCUT2D eigenvalue weighted by Crippen LogP contribution is -2.11. The topological polar surface area (TPSA) is 64.8 Å². The molecule has 0 radical (unpaired) electrons. The van der Waals surface area contributed by atoms with Crippen LogP contribution in [0.3, 0.4) is 0 Å². The first-order valence-electron chi connectivity index (χ1n) is 5.91. The molecule has 2 aromatic rings. The number of hydrogen-bond acceptors (Lipinski definition) is 4. The predicted octanol–water partition coefficient (Wildman–Crippen LogP) is 1.91. The van der Waals surface area contributed by atoms with Crippen molar-refractivity contribution in [1.29, 1.82) is 0 Å². The summed E-state index contributed by atoms with van der Waals surface area (Å²) < 4.78 is 25.8. The van der Waals surface area contributed by atoms with Gasteiger partial charge < -0.3 is 0 Å². The van der Waals surface area contributed by atoms with Crippen molar-refractivity contribution in [2.75, 3.05) is 11.5 Å². The lowest BCUT2D eigenvalue weighted by Gasteiger charge is -2.06. The summed E-state index contributed by atoms with van der Waals surface area (Å²) in [4.78, 5) is 4.26. The number of halogens is 1. The molecule has 0 aliphatic carbocycles. The predicted molar refractivity (Wildman–Crippen MR) is 80.5 cm³/mol.